The molecule has 16 heavy (non-hydrogen) atoms. The van der Waals surface area contributed by atoms with E-state index in [0.29, 0.717) is 11.9 Å². The van der Waals surface area contributed by atoms with Crippen molar-refractivity contribution in [1.82, 2.24) is 9.97 Å². The number of hydrazine groups is 1. The number of nitrogens with zero attached hydrogens (tertiary/aromatic N) is 2. The Balaban J connectivity index is 2.17. The van der Waals surface area contributed by atoms with Crippen LogP contribution in [0, 0.1) is 5.92 Å². The maximum absolute atomic E-state index is 5.43. The summed E-state index contributed by atoms with van der Waals surface area (Å²) < 4.78 is 0. The minimum absolute atomic E-state index is 0.478. The van der Waals surface area contributed by atoms with E-state index in [0.717, 1.165) is 23.7 Å². The Labute approximate surface area is 95.8 Å². The summed E-state index contributed by atoms with van der Waals surface area (Å²) in [5.41, 5.74) is 3.67. The fraction of sp³-hybridized carbons (Fsp3) is 0.636. The Morgan fingerprint density at radius 2 is 2.12 bits per heavy atom. The number of hydrogen-bond acceptors (Lipinski definition) is 5. The number of anilines is 2. The van der Waals surface area contributed by atoms with Crippen molar-refractivity contribution in [1.29, 1.82) is 0 Å². The molecule has 1 aromatic rings. The molecule has 2 rings (SSSR count). The van der Waals surface area contributed by atoms with Crippen LogP contribution in [0.5, 0.6) is 0 Å². The maximum atomic E-state index is 5.43. The molecule has 0 radical (unpaired) electrons. The topological polar surface area (TPSA) is 75.9 Å². The van der Waals surface area contributed by atoms with E-state index in [1.165, 1.54) is 19.2 Å². The molecule has 5 heteroatoms. The zero-order valence-electron chi connectivity index (χ0n) is 9.83. The van der Waals surface area contributed by atoms with E-state index < -0.39 is 0 Å². The van der Waals surface area contributed by atoms with E-state index in [4.69, 9.17) is 5.84 Å². The Morgan fingerprint density at radius 1 is 1.44 bits per heavy atom. The van der Waals surface area contributed by atoms with Crippen LogP contribution in [0.1, 0.15) is 32.3 Å². The van der Waals surface area contributed by atoms with Crippen molar-refractivity contribution in [3.8, 4) is 0 Å². The predicted octanol–water partition coefficient (Wildman–Crippen LogP) is 1.53. The van der Waals surface area contributed by atoms with Crippen molar-refractivity contribution >= 4 is 11.6 Å². The van der Waals surface area contributed by atoms with Crippen LogP contribution in [0.4, 0.5) is 11.6 Å². The van der Waals surface area contributed by atoms with Gasteiger partial charge in [-0.1, -0.05) is 6.92 Å². The smallest absolute Gasteiger partial charge is 0.148 e. The third-order valence-corrected chi connectivity index (χ3v) is 3.13. The lowest BCUT2D eigenvalue weighted by Crippen LogP contribution is -2.21. The van der Waals surface area contributed by atoms with E-state index in [1.807, 2.05) is 0 Å². The van der Waals surface area contributed by atoms with Gasteiger partial charge in [-0.25, -0.2) is 15.8 Å². The number of hydrogen-bond donors (Lipinski definition) is 3. The van der Waals surface area contributed by atoms with Gasteiger partial charge in [-0.15, -0.1) is 0 Å². The number of nitrogens with one attached hydrogen (secondary N) is 2. The van der Waals surface area contributed by atoms with Crippen molar-refractivity contribution in [3.63, 3.8) is 0 Å². The number of rotatable bonds is 5. The molecular weight excluding hydrogens is 202 g/mol. The molecule has 0 saturated heterocycles. The van der Waals surface area contributed by atoms with Crippen LogP contribution >= 0.6 is 0 Å². The van der Waals surface area contributed by atoms with Crippen molar-refractivity contribution in [2.24, 2.45) is 11.8 Å². The molecule has 1 aliphatic carbocycles. The van der Waals surface area contributed by atoms with E-state index in [9.17, 15) is 0 Å². The van der Waals surface area contributed by atoms with Gasteiger partial charge >= 0.3 is 0 Å². The summed E-state index contributed by atoms with van der Waals surface area (Å²) in [4.78, 5) is 8.40. The first kappa shape index (κ1) is 11.1. The summed E-state index contributed by atoms with van der Waals surface area (Å²) in [5.74, 6) is 7.85. The van der Waals surface area contributed by atoms with Crippen LogP contribution in [0.25, 0.3) is 0 Å². The molecule has 5 nitrogen and oxygen atoms in total. The SMILES string of the molecule is CCc1c(NN)ncnc1NC(C)C1CC1. The van der Waals surface area contributed by atoms with Crippen LogP contribution < -0.4 is 16.6 Å². The molecule has 1 aliphatic rings. The highest BCUT2D eigenvalue weighted by molar-refractivity contribution is 5.57. The first-order valence-corrected chi connectivity index (χ1v) is 5.83. The monoisotopic (exact) mass is 221 g/mol. The molecule has 1 aromatic heterocycles. The van der Waals surface area contributed by atoms with Crippen molar-refractivity contribution in [3.05, 3.63) is 11.9 Å². The van der Waals surface area contributed by atoms with E-state index in [-0.39, 0.29) is 0 Å². The molecule has 1 unspecified atom stereocenters. The standard InChI is InChI=1S/C11H19N5/c1-3-9-10(13-6-14-11(9)16-12)15-7(2)8-4-5-8/h6-8H,3-5,12H2,1-2H3,(H2,13,14,15,16). The van der Waals surface area contributed by atoms with Gasteiger partial charge in [0.2, 0.25) is 0 Å². The van der Waals surface area contributed by atoms with Crippen molar-refractivity contribution < 1.29 is 0 Å². The first-order chi connectivity index (χ1) is 7.76. The van der Waals surface area contributed by atoms with Gasteiger partial charge in [-0.05, 0) is 32.1 Å². The molecule has 1 fully saturated rings. The number of nitrogens with two attached hydrogens (primary N) is 1. The molecule has 0 amide bonds. The van der Waals surface area contributed by atoms with Crippen molar-refractivity contribution in [2.75, 3.05) is 10.7 Å². The van der Waals surface area contributed by atoms with Crippen LogP contribution in [0.15, 0.2) is 6.33 Å². The van der Waals surface area contributed by atoms with Gasteiger partial charge < -0.3 is 10.7 Å². The molecular formula is C11H19N5. The Morgan fingerprint density at radius 3 is 2.69 bits per heavy atom. The Hall–Kier alpha value is -1.36. The third-order valence-electron chi connectivity index (χ3n) is 3.13. The van der Waals surface area contributed by atoms with Crippen LogP contribution in [-0.4, -0.2) is 16.0 Å². The van der Waals surface area contributed by atoms with Gasteiger partial charge in [0.1, 0.15) is 18.0 Å². The predicted molar refractivity (Wildman–Crippen MR) is 65.0 cm³/mol. The zero-order valence-corrected chi connectivity index (χ0v) is 9.83. The van der Waals surface area contributed by atoms with Gasteiger partial charge in [0.15, 0.2) is 0 Å². The zero-order chi connectivity index (χ0) is 11.5. The summed E-state index contributed by atoms with van der Waals surface area (Å²) in [5, 5.41) is 3.45. The lowest BCUT2D eigenvalue weighted by Gasteiger charge is -2.17. The van der Waals surface area contributed by atoms with Gasteiger partial charge in [0.25, 0.3) is 0 Å². The van der Waals surface area contributed by atoms with Crippen LogP contribution in [0.2, 0.25) is 0 Å². The quantitative estimate of drug-likeness (QED) is 0.519. The highest BCUT2D eigenvalue weighted by atomic mass is 15.3. The van der Waals surface area contributed by atoms with E-state index in [2.05, 4.69) is 34.6 Å². The van der Waals surface area contributed by atoms with E-state index >= 15 is 0 Å². The minimum atomic E-state index is 0.478. The Bertz CT molecular complexity index is 361. The number of nitrogen functional groups attached to an aromatic ring is 1. The fourth-order valence-electron chi connectivity index (χ4n) is 1.93. The van der Waals surface area contributed by atoms with Gasteiger partial charge in [0, 0.05) is 11.6 Å². The molecule has 88 valence electrons. The summed E-state index contributed by atoms with van der Waals surface area (Å²) in [6.45, 7) is 4.28. The molecule has 0 aliphatic heterocycles. The molecule has 1 saturated carbocycles. The average Bonchev–Trinajstić information content (AvgIpc) is 3.12. The van der Waals surface area contributed by atoms with Gasteiger partial charge in [-0.3, -0.25) is 0 Å². The molecule has 4 N–H and O–H groups in total. The van der Waals surface area contributed by atoms with Gasteiger partial charge in [0.05, 0.1) is 0 Å². The maximum Gasteiger partial charge on any atom is 0.148 e. The largest absolute Gasteiger partial charge is 0.367 e. The highest BCUT2D eigenvalue weighted by Gasteiger charge is 2.28. The second-order valence-electron chi connectivity index (χ2n) is 4.32. The molecule has 1 atom stereocenters. The lowest BCUT2D eigenvalue weighted by atomic mass is 10.1. The Kier molecular flexibility index (Phi) is 3.24. The molecule has 0 aromatic carbocycles. The summed E-state index contributed by atoms with van der Waals surface area (Å²) in [7, 11) is 0. The average molecular weight is 221 g/mol. The summed E-state index contributed by atoms with van der Waals surface area (Å²) in [6, 6.07) is 0.478. The molecule has 0 spiro atoms. The first-order valence-electron chi connectivity index (χ1n) is 5.83. The number of aromatic nitrogens is 2. The molecule has 0 bridgehead atoms. The fourth-order valence-corrected chi connectivity index (χ4v) is 1.93. The van der Waals surface area contributed by atoms with E-state index in [1.54, 1.807) is 0 Å². The van der Waals surface area contributed by atoms with Crippen LogP contribution in [0.3, 0.4) is 0 Å². The minimum Gasteiger partial charge on any atom is -0.367 e. The summed E-state index contributed by atoms with van der Waals surface area (Å²) in [6.07, 6.45) is 5.04. The summed E-state index contributed by atoms with van der Waals surface area (Å²) >= 11 is 0. The van der Waals surface area contributed by atoms with Crippen LogP contribution in [-0.2, 0) is 6.42 Å². The normalized spacial score (nSPS) is 16.9. The highest BCUT2D eigenvalue weighted by Crippen LogP contribution is 2.34. The second kappa shape index (κ2) is 4.65. The van der Waals surface area contributed by atoms with Crippen molar-refractivity contribution in [2.45, 2.75) is 39.2 Å². The third kappa shape index (κ3) is 2.24. The molecule has 1 heterocycles. The van der Waals surface area contributed by atoms with Gasteiger partial charge in [-0.2, -0.15) is 0 Å². The second-order valence-corrected chi connectivity index (χ2v) is 4.32. The lowest BCUT2D eigenvalue weighted by molar-refractivity contribution is 0.688.